The minimum atomic E-state index is -1.21. The first-order valence-electron chi connectivity index (χ1n) is 5.91. The Bertz CT molecular complexity index is 479. The van der Waals surface area contributed by atoms with Crippen molar-refractivity contribution in [2.75, 3.05) is 11.9 Å². The number of para-hydroxylation sites is 1. The highest BCUT2D eigenvalue weighted by Crippen LogP contribution is 2.31. The molecule has 0 aromatic heterocycles. The summed E-state index contributed by atoms with van der Waals surface area (Å²) in [5, 5.41) is 32.0. The highest BCUT2D eigenvalue weighted by molar-refractivity contribution is 5.96. The van der Waals surface area contributed by atoms with Crippen molar-refractivity contribution in [3.8, 4) is 0 Å². The Balaban J connectivity index is 2.20. The molecule has 7 heteroatoms. The van der Waals surface area contributed by atoms with E-state index in [-0.39, 0.29) is 29.0 Å². The molecule has 3 N–H and O–H groups in total. The Morgan fingerprint density at radius 3 is 2.68 bits per heavy atom. The molecule has 1 aromatic rings. The van der Waals surface area contributed by atoms with Crippen molar-refractivity contribution in [1.82, 2.24) is 0 Å². The molecule has 1 aliphatic rings. The fourth-order valence-corrected chi connectivity index (χ4v) is 2.17. The molecule has 0 saturated heterocycles. The van der Waals surface area contributed by atoms with Gasteiger partial charge in [0.2, 0.25) is 0 Å². The van der Waals surface area contributed by atoms with Crippen LogP contribution in [0.4, 0.5) is 11.4 Å². The predicted octanol–water partition coefficient (Wildman–Crippen LogP) is 1.48. The Morgan fingerprint density at radius 2 is 2.16 bits per heavy atom. The first-order chi connectivity index (χ1) is 8.99. The molecule has 0 atom stereocenters. The molecule has 0 heterocycles. The van der Waals surface area contributed by atoms with Gasteiger partial charge in [-0.05, 0) is 24.8 Å². The van der Waals surface area contributed by atoms with Crippen LogP contribution in [-0.2, 0) is 0 Å². The molecule has 1 aromatic carbocycles. The average Bonchev–Trinajstić information content (AvgIpc) is 2.32. The number of aromatic carboxylic acids is 1. The molecule has 1 aliphatic carbocycles. The second-order valence-corrected chi connectivity index (χ2v) is 4.63. The fraction of sp³-hybridized carbons (Fsp3) is 0.417. The summed E-state index contributed by atoms with van der Waals surface area (Å²) >= 11 is 0. The quantitative estimate of drug-likeness (QED) is 0.549. The minimum absolute atomic E-state index is 0.0291. The third kappa shape index (κ3) is 2.82. The van der Waals surface area contributed by atoms with E-state index >= 15 is 0 Å². The Morgan fingerprint density at radius 1 is 1.47 bits per heavy atom. The van der Waals surface area contributed by atoms with Crippen molar-refractivity contribution < 1.29 is 19.9 Å². The van der Waals surface area contributed by atoms with Crippen molar-refractivity contribution in [2.24, 2.45) is 5.92 Å². The number of carbonyl (C=O) groups is 1. The number of nitro groups is 1. The van der Waals surface area contributed by atoms with Gasteiger partial charge in [-0.3, -0.25) is 10.1 Å². The third-order valence-electron chi connectivity index (χ3n) is 3.25. The minimum Gasteiger partial charge on any atom is -0.478 e. The molecule has 0 unspecified atom stereocenters. The molecule has 1 saturated carbocycles. The molecular formula is C12H14N2O5. The van der Waals surface area contributed by atoms with Crippen LogP contribution >= 0.6 is 0 Å². The summed E-state index contributed by atoms with van der Waals surface area (Å²) in [5.74, 6) is -0.990. The number of aliphatic hydroxyl groups excluding tert-OH is 1. The van der Waals surface area contributed by atoms with E-state index in [4.69, 9.17) is 5.11 Å². The SMILES string of the molecule is O=C(O)c1cccc([N+](=O)[O-])c1NCC1CC(O)C1. The number of anilines is 1. The maximum atomic E-state index is 11.1. The van der Waals surface area contributed by atoms with Crippen LogP contribution in [0.2, 0.25) is 0 Å². The number of benzene rings is 1. The monoisotopic (exact) mass is 266 g/mol. The third-order valence-corrected chi connectivity index (χ3v) is 3.25. The number of carboxylic acids is 1. The molecule has 0 amide bonds. The fourth-order valence-electron chi connectivity index (χ4n) is 2.17. The second-order valence-electron chi connectivity index (χ2n) is 4.63. The van der Waals surface area contributed by atoms with Crippen LogP contribution in [0, 0.1) is 16.0 Å². The van der Waals surface area contributed by atoms with Gasteiger partial charge in [-0.15, -0.1) is 0 Å². The number of aliphatic hydroxyl groups is 1. The van der Waals surface area contributed by atoms with Gasteiger partial charge in [0.25, 0.3) is 5.69 Å². The summed E-state index contributed by atoms with van der Waals surface area (Å²) in [6, 6.07) is 3.94. The van der Waals surface area contributed by atoms with Gasteiger partial charge in [0, 0.05) is 12.6 Å². The number of hydrogen-bond acceptors (Lipinski definition) is 5. The lowest BCUT2D eigenvalue weighted by atomic mass is 9.82. The topological polar surface area (TPSA) is 113 Å². The molecule has 0 spiro atoms. The number of hydrogen-bond donors (Lipinski definition) is 3. The Labute approximate surface area is 109 Å². The summed E-state index contributed by atoms with van der Waals surface area (Å²) in [4.78, 5) is 21.4. The van der Waals surface area contributed by atoms with Crippen LogP contribution in [0.25, 0.3) is 0 Å². The van der Waals surface area contributed by atoms with Gasteiger partial charge in [-0.2, -0.15) is 0 Å². The van der Waals surface area contributed by atoms with Gasteiger partial charge in [0.05, 0.1) is 16.6 Å². The van der Waals surface area contributed by atoms with Crippen LogP contribution in [0.5, 0.6) is 0 Å². The number of nitrogens with one attached hydrogen (secondary N) is 1. The normalized spacial score (nSPS) is 21.5. The molecule has 19 heavy (non-hydrogen) atoms. The van der Waals surface area contributed by atoms with Gasteiger partial charge in [-0.1, -0.05) is 6.07 Å². The summed E-state index contributed by atoms with van der Waals surface area (Å²) in [6.07, 6.45) is 0.961. The van der Waals surface area contributed by atoms with Gasteiger partial charge < -0.3 is 15.5 Å². The van der Waals surface area contributed by atoms with Gasteiger partial charge in [0.15, 0.2) is 0 Å². The summed E-state index contributed by atoms with van der Waals surface area (Å²) in [6.45, 7) is 0.419. The van der Waals surface area contributed by atoms with E-state index in [2.05, 4.69) is 5.32 Å². The molecular weight excluding hydrogens is 252 g/mol. The van der Waals surface area contributed by atoms with E-state index in [1.54, 1.807) is 0 Å². The molecule has 1 fully saturated rings. The number of rotatable bonds is 5. The van der Waals surface area contributed by atoms with E-state index in [1.165, 1.54) is 18.2 Å². The van der Waals surface area contributed by atoms with E-state index in [0.717, 1.165) is 0 Å². The smallest absolute Gasteiger partial charge is 0.338 e. The molecule has 0 bridgehead atoms. The molecule has 102 valence electrons. The summed E-state index contributed by atoms with van der Waals surface area (Å²) in [5.41, 5.74) is -0.338. The molecule has 2 rings (SSSR count). The lowest BCUT2D eigenvalue weighted by Crippen LogP contribution is -2.33. The first kappa shape index (κ1) is 13.3. The van der Waals surface area contributed by atoms with E-state index in [1.807, 2.05) is 0 Å². The predicted molar refractivity (Wildman–Crippen MR) is 67.3 cm³/mol. The first-order valence-corrected chi connectivity index (χ1v) is 5.91. The van der Waals surface area contributed by atoms with Crippen LogP contribution in [0.3, 0.4) is 0 Å². The number of carboxylic acid groups (broad SMARTS) is 1. The van der Waals surface area contributed by atoms with Crippen molar-refractivity contribution in [2.45, 2.75) is 18.9 Å². The lowest BCUT2D eigenvalue weighted by molar-refractivity contribution is -0.384. The summed E-state index contributed by atoms with van der Waals surface area (Å²) in [7, 11) is 0. The van der Waals surface area contributed by atoms with Gasteiger partial charge >= 0.3 is 5.97 Å². The zero-order chi connectivity index (χ0) is 14.0. The molecule has 0 aliphatic heterocycles. The second kappa shape index (κ2) is 5.23. The van der Waals surface area contributed by atoms with Crippen molar-refractivity contribution >= 4 is 17.3 Å². The van der Waals surface area contributed by atoms with Crippen molar-refractivity contribution in [3.63, 3.8) is 0 Å². The summed E-state index contributed by atoms with van der Waals surface area (Å²) < 4.78 is 0. The maximum absolute atomic E-state index is 11.1. The van der Waals surface area contributed by atoms with Crippen molar-refractivity contribution in [1.29, 1.82) is 0 Å². The zero-order valence-corrected chi connectivity index (χ0v) is 10.1. The number of nitrogens with zero attached hydrogens (tertiary/aromatic N) is 1. The number of nitro benzene ring substituents is 1. The van der Waals surface area contributed by atoms with Crippen LogP contribution in [0.15, 0.2) is 18.2 Å². The standard InChI is InChI=1S/C12H14N2O5/c15-8-4-7(5-8)6-13-11-9(12(16)17)2-1-3-10(11)14(18)19/h1-3,7-8,13,15H,4-6H2,(H,16,17). The van der Waals surface area contributed by atoms with E-state index < -0.39 is 10.9 Å². The highest BCUT2D eigenvalue weighted by atomic mass is 16.6. The maximum Gasteiger partial charge on any atom is 0.338 e. The van der Waals surface area contributed by atoms with Gasteiger partial charge in [-0.25, -0.2) is 4.79 Å². The Hall–Kier alpha value is -2.15. The zero-order valence-electron chi connectivity index (χ0n) is 10.1. The Kier molecular flexibility index (Phi) is 3.66. The van der Waals surface area contributed by atoms with Crippen LogP contribution in [-0.4, -0.2) is 33.8 Å². The molecule has 0 radical (unpaired) electrons. The lowest BCUT2D eigenvalue weighted by Gasteiger charge is -2.31. The van der Waals surface area contributed by atoms with E-state index in [0.29, 0.717) is 19.4 Å². The average molecular weight is 266 g/mol. The van der Waals surface area contributed by atoms with Crippen LogP contribution in [0.1, 0.15) is 23.2 Å². The van der Waals surface area contributed by atoms with E-state index in [9.17, 15) is 20.0 Å². The highest BCUT2D eigenvalue weighted by Gasteiger charge is 2.28. The largest absolute Gasteiger partial charge is 0.478 e. The molecule has 7 nitrogen and oxygen atoms in total. The van der Waals surface area contributed by atoms with Gasteiger partial charge in [0.1, 0.15) is 5.69 Å². The van der Waals surface area contributed by atoms with Crippen molar-refractivity contribution in [3.05, 3.63) is 33.9 Å². The van der Waals surface area contributed by atoms with Crippen LogP contribution < -0.4 is 5.32 Å².